The molecule has 0 atom stereocenters. The molecule has 0 unspecified atom stereocenters. The van der Waals surface area contributed by atoms with Gasteiger partial charge in [-0.15, -0.1) is 0 Å². The van der Waals surface area contributed by atoms with Crippen molar-refractivity contribution in [2.75, 3.05) is 18.8 Å². The molecule has 1 saturated heterocycles. The molecule has 0 bridgehead atoms. The van der Waals surface area contributed by atoms with Gasteiger partial charge in [-0.3, -0.25) is 0 Å². The van der Waals surface area contributed by atoms with E-state index >= 15 is 0 Å². The molecule has 0 saturated carbocycles. The SMILES string of the molecule is Nc1cccc(C[N+]2([O-])CCCCCC2)c1. The highest BCUT2D eigenvalue weighted by Gasteiger charge is 2.19. The summed E-state index contributed by atoms with van der Waals surface area (Å²) >= 11 is 0. The molecular formula is C13H20N2O. The van der Waals surface area contributed by atoms with Crippen molar-refractivity contribution in [3.63, 3.8) is 0 Å². The van der Waals surface area contributed by atoms with Gasteiger partial charge in [-0.1, -0.05) is 12.1 Å². The highest BCUT2D eigenvalue weighted by molar-refractivity contribution is 5.40. The van der Waals surface area contributed by atoms with Crippen LogP contribution in [0.1, 0.15) is 31.2 Å². The number of hydrogen-bond acceptors (Lipinski definition) is 2. The summed E-state index contributed by atoms with van der Waals surface area (Å²) in [5.74, 6) is 0. The number of anilines is 1. The van der Waals surface area contributed by atoms with Crippen LogP contribution in [0.3, 0.4) is 0 Å². The molecule has 3 nitrogen and oxygen atoms in total. The first kappa shape index (κ1) is 11.4. The average molecular weight is 220 g/mol. The van der Waals surface area contributed by atoms with E-state index in [0.717, 1.165) is 37.2 Å². The largest absolute Gasteiger partial charge is 0.633 e. The van der Waals surface area contributed by atoms with E-state index in [1.165, 1.54) is 12.8 Å². The van der Waals surface area contributed by atoms with Crippen LogP contribution in [0.2, 0.25) is 0 Å². The Morgan fingerprint density at radius 1 is 1.12 bits per heavy atom. The molecule has 0 spiro atoms. The van der Waals surface area contributed by atoms with Crippen molar-refractivity contribution in [2.24, 2.45) is 0 Å². The Hall–Kier alpha value is -1.06. The zero-order valence-corrected chi connectivity index (χ0v) is 9.69. The van der Waals surface area contributed by atoms with Crippen molar-refractivity contribution < 1.29 is 4.65 Å². The lowest BCUT2D eigenvalue weighted by atomic mass is 10.2. The summed E-state index contributed by atoms with van der Waals surface area (Å²) in [6.45, 7) is 2.09. The van der Waals surface area contributed by atoms with E-state index in [0.29, 0.717) is 6.54 Å². The van der Waals surface area contributed by atoms with E-state index in [1.807, 2.05) is 24.3 Å². The van der Waals surface area contributed by atoms with Gasteiger partial charge >= 0.3 is 0 Å². The van der Waals surface area contributed by atoms with Crippen molar-refractivity contribution in [3.8, 4) is 0 Å². The minimum absolute atomic E-state index is 0.0660. The monoisotopic (exact) mass is 220 g/mol. The number of quaternary nitrogens is 1. The molecule has 1 heterocycles. The number of likely N-dealkylation sites (tertiary alicyclic amines) is 1. The van der Waals surface area contributed by atoms with Crippen LogP contribution in [-0.2, 0) is 6.54 Å². The summed E-state index contributed by atoms with van der Waals surface area (Å²) in [7, 11) is 0. The third-order valence-corrected chi connectivity index (χ3v) is 3.30. The van der Waals surface area contributed by atoms with E-state index < -0.39 is 0 Å². The highest BCUT2D eigenvalue weighted by Crippen LogP contribution is 2.21. The lowest BCUT2D eigenvalue weighted by molar-refractivity contribution is -0.893. The quantitative estimate of drug-likeness (QED) is 0.473. The lowest BCUT2D eigenvalue weighted by Gasteiger charge is -2.42. The van der Waals surface area contributed by atoms with Crippen molar-refractivity contribution in [3.05, 3.63) is 35.0 Å². The fraction of sp³-hybridized carbons (Fsp3) is 0.538. The van der Waals surface area contributed by atoms with Crippen LogP contribution in [0.5, 0.6) is 0 Å². The van der Waals surface area contributed by atoms with Gasteiger partial charge in [0.25, 0.3) is 0 Å². The molecule has 0 radical (unpaired) electrons. The second-order valence-corrected chi connectivity index (χ2v) is 4.82. The minimum atomic E-state index is -0.0660. The smallest absolute Gasteiger partial charge is 0.104 e. The number of rotatable bonds is 2. The molecule has 2 rings (SSSR count). The summed E-state index contributed by atoms with van der Waals surface area (Å²) < 4.78 is -0.0660. The fourth-order valence-electron chi connectivity index (χ4n) is 2.45. The van der Waals surface area contributed by atoms with Crippen LogP contribution in [0.25, 0.3) is 0 Å². The molecule has 1 aromatic rings. The Morgan fingerprint density at radius 2 is 1.81 bits per heavy atom. The first-order valence-corrected chi connectivity index (χ1v) is 6.09. The molecule has 88 valence electrons. The molecule has 1 fully saturated rings. The zero-order chi connectivity index (χ0) is 11.4. The number of nitrogens with two attached hydrogens (primary N) is 1. The third kappa shape index (κ3) is 2.97. The van der Waals surface area contributed by atoms with Gasteiger partial charge < -0.3 is 15.6 Å². The minimum Gasteiger partial charge on any atom is -0.633 e. The zero-order valence-electron chi connectivity index (χ0n) is 9.69. The van der Waals surface area contributed by atoms with Gasteiger partial charge in [-0.2, -0.15) is 0 Å². The van der Waals surface area contributed by atoms with Gasteiger partial charge in [0.15, 0.2) is 0 Å². The molecule has 1 aromatic carbocycles. The number of nitrogens with zero attached hydrogens (tertiary/aromatic N) is 1. The molecule has 3 heteroatoms. The van der Waals surface area contributed by atoms with E-state index in [2.05, 4.69) is 0 Å². The standard InChI is InChI=1S/C13H20N2O/c14-13-7-5-6-12(10-13)11-15(16)8-3-1-2-4-9-15/h5-7,10H,1-4,8-9,11,14H2. The van der Waals surface area contributed by atoms with Gasteiger partial charge in [0.2, 0.25) is 0 Å². The lowest BCUT2D eigenvalue weighted by Crippen LogP contribution is -2.41. The number of hydrogen-bond donors (Lipinski definition) is 1. The Morgan fingerprint density at radius 3 is 2.44 bits per heavy atom. The molecule has 1 aliphatic heterocycles. The van der Waals surface area contributed by atoms with Crippen LogP contribution < -0.4 is 5.73 Å². The van der Waals surface area contributed by atoms with Crippen LogP contribution in [0, 0.1) is 5.21 Å². The van der Waals surface area contributed by atoms with Crippen LogP contribution in [0.15, 0.2) is 24.3 Å². The Labute approximate surface area is 97.0 Å². The van der Waals surface area contributed by atoms with Gasteiger partial charge in [0.05, 0.1) is 13.1 Å². The maximum atomic E-state index is 12.5. The first-order chi connectivity index (χ1) is 7.68. The van der Waals surface area contributed by atoms with Crippen molar-refractivity contribution >= 4 is 5.69 Å². The molecule has 16 heavy (non-hydrogen) atoms. The summed E-state index contributed by atoms with van der Waals surface area (Å²) in [4.78, 5) is 0. The Bertz CT molecular complexity index is 344. The highest BCUT2D eigenvalue weighted by atomic mass is 16.5. The summed E-state index contributed by atoms with van der Waals surface area (Å²) in [6, 6.07) is 7.71. The predicted molar refractivity (Wildman–Crippen MR) is 66.4 cm³/mol. The van der Waals surface area contributed by atoms with Gasteiger partial charge in [0.1, 0.15) is 6.54 Å². The predicted octanol–water partition coefficient (Wildman–Crippen LogP) is 2.66. The van der Waals surface area contributed by atoms with Crippen molar-refractivity contribution in [1.29, 1.82) is 0 Å². The maximum Gasteiger partial charge on any atom is 0.104 e. The van der Waals surface area contributed by atoms with E-state index in [1.54, 1.807) is 0 Å². The van der Waals surface area contributed by atoms with Crippen molar-refractivity contribution in [2.45, 2.75) is 32.2 Å². The third-order valence-electron chi connectivity index (χ3n) is 3.30. The average Bonchev–Trinajstić information content (AvgIpc) is 2.43. The molecule has 0 amide bonds. The molecule has 0 aliphatic carbocycles. The second kappa shape index (κ2) is 4.85. The van der Waals surface area contributed by atoms with E-state index in [4.69, 9.17) is 5.73 Å². The first-order valence-electron chi connectivity index (χ1n) is 6.09. The number of hydroxylamine groups is 3. The van der Waals surface area contributed by atoms with E-state index in [-0.39, 0.29) is 4.65 Å². The van der Waals surface area contributed by atoms with Gasteiger partial charge in [0, 0.05) is 11.3 Å². The second-order valence-electron chi connectivity index (χ2n) is 4.82. The van der Waals surface area contributed by atoms with Crippen LogP contribution in [0.4, 0.5) is 5.69 Å². The summed E-state index contributed by atoms with van der Waals surface area (Å²) in [5, 5.41) is 12.5. The molecule has 0 aromatic heterocycles. The Balaban J connectivity index is 2.06. The van der Waals surface area contributed by atoms with E-state index in [9.17, 15) is 5.21 Å². The maximum absolute atomic E-state index is 12.5. The fourth-order valence-corrected chi connectivity index (χ4v) is 2.45. The summed E-state index contributed by atoms with van der Waals surface area (Å²) in [5.41, 5.74) is 7.54. The van der Waals surface area contributed by atoms with Crippen LogP contribution in [-0.4, -0.2) is 17.7 Å². The van der Waals surface area contributed by atoms with Crippen molar-refractivity contribution in [1.82, 2.24) is 0 Å². The van der Waals surface area contributed by atoms with Gasteiger partial charge in [-0.25, -0.2) is 0 Å². The normalized spacial score (nSPS) is 20.3. The summed E-state index contributed by atoms with van der Waals surface area (Å²) in [6.07, 6.45) is 4.54. The Kier molecular flexibility index (Phi) is 3.46. The topological polar surface area (TPSA) is 49.1 Å². The van der Waals surface area contributed by atoms with Crippen LogP contribution >= 0.6 is 0 Å². The molecule has 2 N–H and O–H groups in total. The molecular weight excluding hydrogens is 200 g/mol. The molecule has 1 aliphatic rings. The number of nitrogen functional groups attached to an aromatic ring is 1. The number of benzene rings is 1. The van der Waals surface area contributed by atoms with Gasteiger partial charge in [-0.05, 0) is 37.8 Å².